The molecule has 1 aliphatic heterocycles. The van der Waals surface area contributed by atoms with Gasteiger partial charge in [-0.05, 0) is 18.2 Å². The maximum absolute atomic E-state index is 12.8. The van der Waals surface area contributed by atoms with Gasteiger partial charge in [0.05, 0.1) is 24.8 Å². The van der Waals surface area contributed by atoms with E-state index in [1.165, 1.54) is 25.3 Å². The van der Waals surface area contributed by atoms with E-state index in [2.05, 4.69) is 4.74 Å². The molecule has 1 aliphatic rings. The van der Waals surface area contributed by atoms with Crippen molar-refractivity contribution in [3.05, 3.63) is 59.7 Å². The van der Waals surface area contributed by atoms with Gasteiger partial charge in [-0.3, -0.25) is 19.3 Å². The topological polar surface area (TPSA) is 104 Å². The van der Waals surface area contributed by atoms with Gasteiger partial charge >= 0.3 is 5.97 Å². The number of fused-ring (bicyclic) bond motifs is 1. The lowest BCUT2D eigenvalue weighted by molar-refractivity contribution is -0.142. The van der Waals surface area contributed by atoms with Crippen LogP contribution >= 0.6 is 0 Å². The molecule has 2 aromatic carbocycles. The monoisotopic (exact) mass is 355 g/mol. The number of carbonyl (C=O) groups is 3. The number of Topliss-reactive ketones (excluding diaryl/α,β-unsaturated/α-hetero) is 1. The molecule has 0 spiro atoms. The Bertz CT molecular complexity index is 893. The molecule has 1 atom stereocenters. The second-order valence-corrected chi connectivity index (χ2v) is 5.96. The van der Waals surface area contributed by atoms with Crippen molar-refractivity contribution in [1.82, 2.24) is 0 Å². The first-order chi connectivity index (χ1) is 12.4. The lowest BCUT2D eigenvalue weighted by Gasteiger charge is -2.22. The smallest absolute Gasteiger partial charge is 0.325 e. The maximum atomic E-state index is 12.8. The third-order valence-electron chi connectivity index (χ3n) is 4.38. The number of rotatable bonds is 5. The molecule has 2 N–H and O–H groups in total. The molecule has 0 fully saturated rings. The zero-order valence-corrected chi connectivity index (χ0v) is 14.0. The van der Waals surface area contributed by atoms with Gasteiger partial charge < -0.3 is 14.9 Å². The number of amides is 1. The predicted octanol–water partition coefficient (Wildman–Crippen LogP) is 1.37. The van der Waals surface area contributed by atoms with E-state index in [0.717, 1.165) is 4.90 Å². The van der Waals surface area contributed by atoms with Crippen LogP contribution in [0.3, 0.4) is 0 Å². The Labute approximate surface area is 149 Å². The number of ketones is 1. The average molecular weight is 355 g/mol. The number of benzene rings is 2. The molecule has 26 heavy (non-hydrogen) atoms. The Hall–Kier alpha value is -3.19. The summed E-state index contributed by atoms with van der Waals surface area (Å²) in [6, 6.07) is 12.3. The van der Waals surface area contributed by atoms with Crippen LogP contribution in [0, 0.1) is 0 Å². The molecule has 0 radical (unpaired) electrons. The Morgan fingerprint density at radius 2 is 1.77 bits per heavy atom. The fourth-order valence-electron chi connectivity index (χ4n) is 3.07. The molecule has 0 saturated heterocycles. The van der Waals surface area contributed by atoms with Gasteiger partial charge in [0.15, 0.2) is 11.4 Å². The summed E-state index contributed by atoms with van der Waals surface area (Å²) in [5, 5.41) is 20.9. The second-order valence-electron chi connectivity index (χ2n) is 5.96. The summed E-state index contributed by atoms with van der Waals surface area (Å²) in [7, 11) is 1.20. The number of methoxy groups -OCH3 is 1. The number of phenols is 1. The number of hydrogen-bond donors (Lipinski definition) is 2. The number of anilines is 1. The fraction of sp³-hybridized carbons (Fsp3) is 0.211. The Morgan fingerprint density at radius 3 is 2.46 bits per heavy atom. The first-order valence-electron chi connectivity index (χ1n) is 7.90. The van der Waals surface area contributed by atoms with Crippen LogP contribution in [0.15, 0.2) is 48.5 Å². The van der Waals surface area contributed by atoms with Crippen molar-refractivity contribution < 1.29 is 29.3 Å². The van der Waals surface area contributed by atoms with Crippen molar-refractivity contribution in [2.75, 3.05) is 18.6 Å². The molecular formula is C19H17NO6. The largest absolute Gasteiger partial charge is 0.507 e. The number of para-hydroxylation sites is 2. The number of aliphatic hydroxyl groups is 1. The SMILES string of the molecule is COC(=O)CN1C(=O)C(O)(CC(=O)c2ccccc2O)c2ccccc21. The van der Waals surface area contributed by atoms with Gasteiger partial charge in [0.2, 0.25) is 0 Å². The maximum Gasteiger partial charge on any atom is 0.325 e. The standard InChI is InChI=1S/C19H17NO6/c1-26-17(23)11-20-14-8-4-3-7-13(14)19(25,18(20)24)10-16(22)12-6-2-5-9-15(12)21/h2-9,21,25H,10-11H2,1H3. The number of phenolic OH excluding ortho intramolecular Hbond substituents is 1. The van der Waals surface area contributed by atoms with Crippen LogP contribution in [0.2, 0.25) is 0 Å². The van der Waals surface area contributed by atoms with E-state index < -0.39 is 29.7 Å². The number of carbonyl (C=O) groups excluding carboxylic acids is 3. The van der Waals surface area contributed by atoms with E-state index >= 15 is 0 Å². The van der Waals surface area contributed by atoms with Crippen LogP contribution in [0.1, 0.15) is 22.3 Å². The highest BCUT2D eigenvalue weighted by Crippen LogP contribution is 2.43. The van der Waals surface area contributed by atoms with Gasteiger partial charge in [0, 0.05) is 5.56 Å². The molecular weight excluding hydrogens is 338 g/mol. The predicted molar refractivity (Wildman–Crippen MR) is 91.8 cm³/mol. The first-order valence-corrected chi connectivity index (χ1v) is 7.90. The Kier molecular flexibility index (Phi) is 4.48. The number of ether oxygens (including phenoxy) is 1. The minimum absolute atomic E-state index is 0.0117. The third-order valence-corrected chi connectivity index (χ3v) is 4.38. The van der Waals surface area contributed by atoms with E-state index in [1.807, 2.05) is 0 Å². The van der Waals surface area contributed by atoms with Crippen LogP contribution in [-0.4, -0.2) is 41.5 Å². The van der Waals surface area contributed by atoms with Crippen LogP contribution in [0.5, 0.6) is 5.75 Å². The zero-order valence-electron chi connectivity index (χ0n) is 14.0. The summed E-state index contributed by atoms with van der Waals surface area (Å²) in [5.41, 5.74) is -1.53. The Balaban J connectivity index is 1.98. The Morgan fingerprint density at radius 1 is 1.12 bits per heavy atom. The molecule has 0 bridgehead atoms. The zero-order chi connectivity index (χ0) is 18.9. The van der Waals surface area contributed by atoms with Crippen molar-refractivity contribution in [3.8, 4) is 5.75 Å². The average Bonchev–Trinajstić information content (AvgIpc) is 2.84. The fourth-order valence-corrected chi connectivity index (χ4v) is 3.07. The molecule has 0 aromatic heterocycles. The van der Waals surface area contributed by atoms with Gasteiger partial charge in [-0.25, -0.2) is 0 Å². The molecule has 2 aromatic rings. The lowest BCUT2D eigenvalue weighted by Crippen LogP contribution is -2.43. The minimum atomic E-state index is -2.12. The molecule has 1 unspecified atom stereocenters. The molecule has 7 heteroatoms. The normalized spacial score (nSPS) is 18.5. The quantitative estimate of drug-likeness (QED) is 0.620. The molecule has 7 nitrogen and oxygen atoms in total. The highest BCUT2D eigenvalue weighted by molar-refractivity contribution is 6.12. The van der Waals surface area contributed by atoms with Crippen molar-refractivity contribution in [2.24, 2.45) is 0 Å². The van der Waals surface area contributed by atoms with E-state index in [0.29, 0.717) is 5.69 Å². The molecule has 0 aliphatic carbocycles. The molecule has 0 saturated carbocycles. The van der Waals surface area contributed by atoms with Crippen molar-refractivity contribution >= 4 is 23.3 Å². The van der Waals surface area contributed by atoms with Gasteiger partial charge in [0.25, 0.3) is 5.91 Å². The molecule has 1 heterocycles. The van der Waals surface area contributed by atoms with E-state index in [4.69, 9.17) is 0 Å². The molecule has 134 valence electrons. The van der Waals surface area contributed by atoms with Gasteiger partial charge in [-0.2, -0.15) is 0 Å². The number of nitrogens with zero attached hydrogens (tertiary/aromatic N) is 1. The van der Waals surface area contributed by atoms with E-state index in [1.54, 1.807) is 30.3 Å². The summed E-state index contributed by atoms with van der Waals surface area (Å²) in [6.07, 6.45) is -0.557. The number of esters is 1. The molecule has 1 amide bonds. The van der Waals surface area contributed by atoms with Crippen LogP contribution in [-0.2, 0) is 19.9 Å². The highest BCUT2D eigenvalue weighted by atomic mass is 16.5. The number of hydrogen-bond acceptors (Lipinski definition) is 6. The van der Waals surface area contributed by atoms with Crippen LogP contribution < -0.4 is 4.90 Å². The van der Waals surface area contributed by atoms with Gasteiger partial charge in [-0.1, -0.05) is 30.3 Å². The van der Waals surface area contributed by atoms with Gasteiger partial charge in [0.1, 0.15) is 12.3 Å². The van der Waals surface area contributed by atoms with Crippen LogP contribution in [0.25, 0.3) is 0 Å². The van der Waals surface area contributed by atoms with E-state index in [9.17, 15) is 24.6 Å². The summed E-state index contributed by atoms with van der Waals surface area (Å²) in [5.74, 6) is -2.25. The number of aromatic hydroxyl groups is 1. The van der Waals surface area contributed by atoms with Crippen molar-refractivity contribution in [3.63, 3.8) is 0 Å². The minimum Gasteiger partial charge on any atom is -0.507 e. The van der Waals surface area contributed by atoms with Crippen molar-refractivity contribution in [1.29, 1.82) is 0 Å². The van der Waals surface area contributed by atoms with Gasteiger partial charge in [-0.15, -0.1) is 0 Å². The lowest BCUT2D eigenvalue weighted by atomic mass is 9.88. The summed E-state index contributed by atoms with van der Waals surface area (Å²) in [6.45, 7) is -0.376. The highest BCUT2D eigenvalue weighted by Gasteiger charge is 2.51. The summed E-state index contributed by atoms with van der Waals surface area (Å²) >= 11 is 0. The van der Waals surface area contributed by atoms with Crippen molar-refractivity contribution in [2.45, 2.75) is 12.0 Å². The molecule has 3 rings (SSSR count). The second kappa shape index (κ2) is 6.61. The van der Waals surface area contributed by atoms with E-state index in [-0.39, 0.29) is 23.4 Å². The third kappa shape index (κ3) is 2.82. The summed E-state index contributed by atoms with van der Waals surface area (Å²) < 4.78 is 4.60. The van der Waals surface area contributed by atoms with Crippen LogP contribution in [0.4, 0.5) is 5.69 Å². The first kappa shape index (κ1) is 17.6. The summed E-state index contributed by atoms with van der Waals surface area (Å²) in [4.78, 5) is 38.1.